The van der Waals surface area contributed by atoms with Crippen LogP contribution < -0.4 is 4.90 Å². The summed E-state index contributed by atoms with van der Waals surface area (Å²) in [5.74, 6) is -1.11. The maximum atomic E-state index is 14.3. The van der Waals surface area contributed by atoms with Crippen LogP contribution in [0, 0.1) is 18.6 Å². The van der Waals surface area contributed by atoms with Crippen LogP contribution in [0.1, 0.15) is 73.1 Å². The van der Waals surface area contributed by atoms with E-state index in [0.717, 1.165) is 37.7 Å². The molecule has 2 heterocycles. The molecule has 0 bridgehead atoms. The molecule has 1 amide bonds. The van der Waals surface area contributed by atoms with Gasteiger partial charge in [0.15, 0.2) is 0 Å². The Balaban J connectivity index is 1.39. The Hall–Kier alpha value is -3.06. The van der Waals surface area contributed by atoms with Crippen LogP contribution >= 0.6 is 0 Å². The minimum absolute atomic E-state index is 0.149. The summed E-state index contributed by atoms with van der Waals surface area (Å²) in [4.78, 5) is 18.1. The third-order valence-electron chi connectivity index (χ3n) is 8.06. The second kappa shape index (κ2) is 11.1. The number of hydrogen-bond donors (Lipinski definition) is 0. The summed E-state index contributed by atoms with van der Waals surface area (Å²) in [6.45, 7) is 6.03. The Bertz CT molecular complexity index is 1200. The lowest BCUT2D eigenvalue weighted by atomic mass is 9.78. The second-order valence-corrected chi connectivity index (χ2v) is 10.4. The standard InChI is InChI=1S/C30H36F2N4O/c1-3-35-29(17-21(2)33-35)30(37)36(26-19-23(31)18-24(32)20-26)25-13-15-34(16-14-25)28-12-8-7-11-27(28)22-9-5-4-6-10-22/h4-6,9-10,17-20,25,27-28H,3,7-8,11-16H2,1-2H3/t27-,28-/m1/s1. The molecule has 1 aromatic heterocycles. The SMILES string of the molecule is CCn1nc(C)cc1C(=O)N(c1cc(F)cc(F)c1)C1CCN([C@@H]2CCCC[C@@H]2c2ccccc2)CC1. The van der Waals surface area contributed by atoms with Gasteiger partial charge in [-0.3, -0.25) is 14.4 Å². The van der Waals surface area contributed by atoms with Crippen molar-refractivity contribution in [1.82, 2.24) is 14.7 Å². The number of aryl methyl sites for hydroxylation is 2. The van der Waals surface area contributed by atoms with Gasteiger partial charge in [0.25, 0.3) is 5.91 Å². The first-order valence-electron chi connectivity index (χ1n) is 13.6. The molecule has 2 aromatic carbocycles. The molecule has 0 radical (unpaired) electrons. The van der Waals surface area contributed by atoms with Crippen molar-refractivity contribution in [3.8, 4) is 0 Å². The first kappa shape index (κ1) is 25.6. The fraction of sp³-hybridized carbons (Fsp3) is 0.467. The van der Waals surface area contributed by atoms with E-state index in [1.54, 1.807) is 15.6 Å². The summed E-state index contributed by atoms with van der Waals surface area (Å²) < 4.78 is 30.2. The molecule has 0 N–H and O–H groups in total. The smallest absolute Gasteiger partial charge is 0.276 e. The van der Waals surface area contributed by atoms with Gasteiger partial charge in [0.1, 0.15) is 17.3 Å². The average molecular weight is 507 g/mol. The molecule has 7 heteroatoms. The Labute approximate surface area is 218 Å². The van der Waals surface area contributed by atoms with Crippen molar-refractivity contribution >= 4 is 11.6 Å². The normalized spacial score (nSPS) is 21.2. The van der Waals surface area contributed by atoms with Gasteiger partial charge >= 0.3 is 0 Å². The maximum Gasteiger partial charge on any atom is 0.276 e. The van der Waals surface area contributed by atoms with Crippen LogP contribution in [0.25, 0.3) is 0 Å². The van der Waals surface area contributed by atoms with Crippen molar-refractivity contribution in [2.45, 2.75) is 76.9 Å². The third-order valence-corrected chi connectivity index (χ3v) is 8.06. The van der Waals surface area contributed by atoms with Gasteiger partial charge in [-0.15, -0.1) is 0 Å². The number of piperidine rings is 1. The first-order chi connectivity index (χ1) is 17.9. The molecule has 0 unspecified atom stereocenters. The number of carbonyl (C=O) groups excluding carboxylic acids is 1. The largest absolute Gasteiger partial charge is 0.304 e. The number of amides is 1. The lowest BCUT2D eigenvalue weighted by Gasteiger charge is -2.45. The van der Waals surface area contributed by atoms with Gasteiger partial charge in [-0.1, -0.05) is 43.2 Å². The van der Waals surface area contributed by atoms with Crippen LogP contribution in [0.2, 0.25) is 0 Å². The molecule has 2 fully saturated rings. The number of likely N-dealkylation sites (tertiary alicyclic amines) is 1. The zero-order valence-electron chi connectivity index (χ0n) is 21.7. The number of carbonyl (C=O) groups is 1. The first-order valence-corrected chi connectivity index (χ1v) is 13.6. The van der Waals surface area contributed by atoms with Gasteiger partial charge in [0, 0.05) is 37.8 Å². The van der Waals surface area contributed by atoms with E-state index in [1.807, 2.05) is 13.8 Å². The number of benzene rings is 2. The predicted molar refractivity (Wildman–Crippen MR) is 142 cm³/mol. The van der Waals surface area contributed by atoms with Gasteiger partial charge in [0.2, 0.25) is 0 Å². The highest BCUT2D eigenvalue weighted by Crippen LogP contribution is 2.38. The molecule has 5 nitrogen and oxygen atoms in total. The minimum atomic E-state index is -0.682. The summed E-state index contributed by atoms with van der Waals surface area (Å²) in [6, 6.07) is 16.3. The maximum absolute atomic E-state index is 14.3. The quantitative estimate of drug-likeness (QED) is 0.392. The van der Waals surface area contributed by atoms with Crippen molar-refractivity contribution < 1.29 is 13.6 Å². The van der Waals surface area contributed by atoms with Gasteiger partial charge in [-0.05, 0) is 69.2 Å². The van der Waals surface area contributed by atoms with Crippen molar-refractivity contribution in [2.24, 2.45) is 0 Å². The number of anilines is 1. The summed E-state index contributed by atoms with van der Waals surface area (Å²) in [6.07, 6.45) is 6.37. The molecule has 0 spiro atoms. The highest BCUT2D eigenvalue weighted by atomic mass is 19.1. The van der Waals surface area contributed by atoms with Crippen LogP contribution in [0.15, 0.2) is 54.6 Å². The van der Waals surface area contributed by atoms with E-state index in [0.29, 0.717) is 24.2 Å². The third kappa shape index (κ3) is 5.47. The van der Waals surface area contributed by atoms with Gasteiger partial charge in [0.05, 0.1) is 11.4 Å². The highest BCUT2D eigenvalue weighted by Gasteiger charge is 2.37. The van der Waals surface area contributed by atoms with Crippen LogP contribution in [0.3, 0.4) is 0 Å². The minimum Gasteiger partial charge on any atom is -0.304 e. The van der Waals surface area contributed by atoms with E-state index < -0.39 is 11.6 Å². The van der Waals surface area contributed by atoms with Crippen LogP contribution in [0.4, 0.5) is 14.5 Å². The molecule has 1 aliphatic carbocycles. The summed E-state index contributed by atoms with van der Waals surface area (Å²) in [5, 5.41) is 4.43. The van der Waals surface area contributed by atoms with Crippen LogP contribution in [-0.4, -0.2) is 45.8 Å². The topological polar surface area (TPSA) is 41.4 Å². The fourth-order valence-corrected chi connectivity index (χ4v) is 6.37. The molecule has 3 aromatic rings. The molecule has 196 valence electrons. The molecule has 2 atom stereocenters. The van der Waals surface area contributed by atoms with Gasteiger partial charge in [-0.25, -0.2) is 8.78 Å². The fourth-order valence-electron chi connectivity index (χ4n) is 6.37. The highest BCUT2D eigenvalue weighted by molar-refractivity contribution is 6.05. The number of aromatic nitrogens is 2. The molecular formula is C30H36F2N4O. The number of rotatable bonds is 6. The Kier molecular flexibility index (Phi) is 7.70. The average Bonchev–Trinajstić information content (AvgIpc) is 3.30. The van der Waals surface area contributed by atoms with E-state index in [4.69, 9.17) is 0 Å². The molecule has 1 saturated heterocycles. The number of nitrogens with zero attached hydrogens (tertiary/aromatic N) is 4. The molecule has 1 aliphatic heterocycles. The van der Waals surface area contributed by atoms with E-state index >= 15 is 0 Å². The van der Waals surface area contributed by atoms with E-state index in [9.17, 15) is 13.6 Å². The Morgan fingerprint density at radius 2 is 1.65 bits per heavy atom. The number of halogens is 2. The summed E-state index contributed by atoms with van der Waals surface area (Å²) in [5.41, 5.74) is 2.87. The van der Waals surface area contributed by atoms with E-state index in [-0.39, 0.29) is 17.6 Å². The molecule has 2 aliphatic rings. The van der Waals surface area contributed by atoms with Crippen LogP contribution in [-0.2, 0) is 6.54 Å². The Morgan fingerprint density at radius 3 is 2.32 bits per heavy atom. The van der Waals surface area contributed by atoms with Crippen molar-refractivity contribution in [3.63, 3.8) is 0 Å². The lowest BCUT2D eigenvalue weighted by molar-refractivity contribution is 0.0887. The molecular weight excluding hydrogens is 470 g/mol. The van der Waals surface area contributed by atoms with Crippen molar-refractivity contribution in [2.75, 3.05) is 18.0 Å². The zero-order valence-corrected chi connectivity index (χ0v) is 21.7. The monoisotopic (exact) mass is 506 g/mol. The second-order valence-electron chi connectivity index (χ2n) is 10.4. The summed E-state index contributed by atoms with van der Waals surface area (Å²) >= 11 is 0. The predicted octanol–water partition coefficient (Wildman–Crippen LogP) is 6.33. The van der Waals surface area contributed by atoms with E-state index in [2.05, 4.69) is 40.3 Å². The van der Waals surface area contributed by atoms with Crippen molar-refractivity contribution in [1.29, 1.82) is 0 Å². The van der Waals surface area contributed by atoms with Gasteiger partial charge < -0.3 is 4.90 Å². The van der Waals surface area contributed by atoms with Crippen LogP contribution in [0.5, 0.6) is 0 Å². The van der Waals surface area contributed by atoms with Crippen molar-refractivity contribution in [3.05, 3.63) is 83.2 Å². The molecule has 37 heavy (non-hydrogen) atoms. The Morgan fingerprint density at radius 1 is 0.973 bits per heavy atom. The van der Waals surface area contributed by atoms with E-state index in [1.165, 1.54) is 43.4 Å². The zero-order chi connectivity index (χ0) is 25.9. The lowest BCUT2D eigenvalue weighted by Crippen LogP contribution is -2.52. The molecule has 1 saturated carbocycles. The summed E-state index contributed by atoms with van der Waals surface area (Å²) in [7, 11) is 0. The van der Waals surface area contributed by atoms with Gasteiger partial charge in [-0.2, -0.15) is 5.10 Å². The number of hydrogen-bond acceptors (Lipinski definition) is 3. The molecule has 5 rings (SSSR count).